The van der Waals surface area contributed by atoms with Crippen molar-refractivity contribution in [3.05, 3.63) is 46.0 Å². The van der Waals surface area contributed by atoms with E-state index in [0.717, 1.165) is 23.3 Å². The van der Waals surface area contributed by atoms with Gasteiger partial charge in [0.15, 0.2) is 11.5 Å². The van der Waals surface area contributed by atoms with Gasteiger partial charge in [0.2, 0.25) is 0 Å². The number of rotatable bonds is 3. The Labute approximate surface area is 129 Å². The molecule has 0 atom stereocenters. The summed E-state index contributed by atoms with van der Waals surface area (Å²) in [7, 11) is 0. The van der Waals surface area contributed by atoms with Gasteiger partial charge in [0.05, 0.1) is 0 Å². The highest BCUT2D eigenvalue weighted by molar-refractivity contribution is 7.12. The van der Waals surface area contributed by atoms with Gasteiger partial charge in [0.25, 0.3) is 0 Å². The van der Waals surface area contributed by atoms with Crippen LogP contribution in [0.5, 0.6) is 0 Å². The summed E-state index contributed by atoms with van der Waals surface area (Å²) in [4.78, 5) is 7.12. The van der Waals surface area contributed by atoms with Gasteiger partial charge in [-0.1, -0.05) is 20.8 Å². The molecule has 0 fully saturated rings. The van der Waals surface area contributed by atoms with Crippen LogP contribution in [0.4, 0.5) is 5.69 Å². The molecule has 0 saturated heterocycles. The van der Waals surface area contributed by atoms with Gasteiger partial charge in [-0.15, -0.1) is 11.3 Å². The third-order valence-corrected chi connectivity index (χ3v) is 4.87. The molecule has 0 aliphatic heterocycles. The minimum absolute atomic E-state index is 0.222. The number of hydrogen-bond acceptors (Lipinski definition) is 4. The second-order valence-electron chi connectivity index (χ2n) is 6.28. The predicted octanol–water partition coefficient (Wildman–Crippen LogP) is 5.11. The summed E-state index contributed by atoms with van der Waals surface area (Å²) in [6.45, 7) is 9.44. The van der Waals surface area contributed by atoms with E-state index in [4.69, 9.17) is 4.42 Å². The summed E-state index contributed by atoms with van der Waals surface area (Å²) in [5.41, 5.74) is 3.03. The Balaban J connectivity index is 1.72. The van der Waals surface area contributed by atoms with E-state index >= 15 is 0 Å². The number of oxazole rings is 1. The van der Waals surface area contributed by atoms with Crippen molar-refractivity contribution in [3.63, 3.8) is 0 Å². The standard InChI is InChI=1S/C17H20N2OS/c1-11-19-14-9-12(5-7-15(14)20-11)18-10-13-6-8-16(21-13)17(2,3)4/h5-9,18H,10H2,1-4H3. The maximum Gasteiger partial charge on any atom is 0.192 e. The number of thiophene rings is 1. The van der Waals surface area contributed by atoms with Gasteiger partial charge in [0.1, 0.15) is 5.52 Å². The monoisotopic (exact) mass is 300 g/mol. The molecule has 0 bridgehead atoms. The van der Waals surface area contributed by atoms with Crippen LogP contribution >= 0.6 is 11.3 Å². The zero-order valence-corrected chi connectivity index (χ0v) is 13.7. The molecule has 0 unspecified atom stereocenters. The average Bonchev–Trinajstić information content (AvgIpc) is 3.00. The molecule has 0 aliphatic rings. The van der Waals surface area contributed by atoms with E-state index in [1.54, 1.807) is 0 Å². The summed E-state index contributed by atoms with van der Waals surface area (Å²) < 4.78 is 5.49. The van der Waals surface area contributed by atoms with Crippen LogP contribution in [0, 0.1) is 6.92 Å². The molecule has 21 heavy (non-hydrogen) atoms. The fraction of sp³-hybridized carbons (Fsp3) is 0.353. The minimum Gasteiger partial charge on any atom is -0.441 e. The molecule has 110 valence electrons. The van der Waals surface area contributed by atoms with Crippen molar-refractivity contribution in [1.29, 1.82) is 0 Å². The molecule has 4 heteroatoms. The molecule has 1 N–H and O–H groups in total. The number of benzene rings is 1. The van der Waals surface area contributed by atoms with Crippen molar-refractivity contribution in [3.8, 4) is 0 Å². The Hall–Kier alpha value is -1.81. The SMILES string of the molecule is Cc1nc2cc(NCc3ccc(C(C)(C)C)s3)ccc2o1. The van der Waals surface area contributed by atoms with Crippen molar-refractivity contribution >= 4 is 28.1 Å². The number of nitrogens with one attached hydrogen (secondary N) is 1. The molecule has 0 aliphatic carbocycles. The van der Waals surface area contributed by atoms with Crippen LogP contribution < -0.4 is 5.32 Å². The van der Waals surface area contributed by atoms with E-state index in [1.807, 2.05) is 36.5 Å². The van der Waals surface area contributed by atoms with Crippen LogP contribution in [0.3, 0.4) is 0 Å². The average molecular weight is 300 g/mol. The van der Waals surface area contributed by atoms with Gasteiger partial charge in [-0.05, 0) is 35.7 Å². The first-order valence-corrected chi connectivity index (χ1v) is 7.94. The van der Waals surface area contributed by atoms with Gasteiger partial charge in [-0.3, -0.25) is 0 Å². The molecule has 0 spiro atoms. The first-order chi connectivity index (χ1) is 9.91. The molecular formula is C17H20N2OS. The van der Waals surface area contributed by atoms with Crippen LogP contribution in [0.15, 0.2) is 34.7 Å². The molecule has 3 aromatic rings. The number of fused-ring (bicyclic) bond motifs is 1. The lowest BCUT2D eigenvalue weighted by Gasteiger charge is -2.15. The van der Waals surface area contributed by atoms with E-state index in [1.165, 1.54) is 9.75 Å². The smallest absolute Gasteiger partial charge is 0.192 e. The Morgan fingerprint density at radius 2 is 2.00 bits per heavy atom. The normalized spacial score (nSPS) is 12.0. The molecule has 3 rings (SSSR count). The second kappa shape index (κ2) is 5.19. The molecule has 2 aromatic heterocycles. The summed E-state index contributed by atoms with van der Waals surface area (Å²) in [5, 5.41) is 3.46. The van der Waals surface area contributed by atoms with Crippen molar-refractivity contribution in [2.45, 2.75) is 39.7 Å². The lowest BCUT2D eigenvalue weighted by atomic mass is 9.95. The maximum atomic E-state index is 5.49. The highest BCUT2D eigenvalue weighted by Gasteiger charge is 2.15. The summed E-state index contributed by atoms with van der Waals surface area (Å²) in [5.74, 6) is 0.704. The van der Waals surface area contributed by atoms with Crippen LogP contribution in [0.2, 0.25) is 0 Å². The number of hydrogen-bond donors (Lipinski definition) is 1. The fourth-order valence-electron chi connectivity index (χ4n) is 2.22. The Bertz CT molecular complexity index is 765. The highest BCUT2D eigenvalue weighted by Crippen LogP contribution is 2.30. The van der Waals surface area contributed by atoms with Crippen molar-refractivity contribution in [2.75, 3.05) is 5.32 Å². The lowest BCUT2D eigenvalue weighted by Crippen LogP contribution is -2.07. The number of aromatic nitrogens is 1. The quantitative estimate of drug-likeness (QED) is 0.730. The van der Waals surface area contributed by atoms with E-state index in [-0.39, 0.29) is 5.41 Å². The third kappa shape index (κ3) is 3.10. The van der Waals surface area contributed by atoms with Crippen LogP contribution in [0.25, 0.3) is 11.1 Å². The Morgan fingerprint density at radius 3 is 2.71 bits per heavy atom. The maximum absolute atomic E-state index is 5.49. The van der Waals surface area contributed by atoms with E-state index in [9.17, 15) is 0 Å². The second-order valence-corrected chi connectivity index (χ2v) is 7.45. The number of aryl methyl sites for hydroxylation is 1. The minimum atomic E-state index is 0.222. The molecule has 0 amide bonds. The zero-order valence-electron chi connectivity index (χ0n) is 12.9. The van der Waals surface area contributed by atoms with Crippen LogP contribution in [-0.4, -0.2) is 4.98 Å². The van der Waals surface area contributed by atoms with Gasteiger partial charge in [0, 0.05) is 28.9 Å². The van der Waals surface area contributed by atoms with E-state index in [2.05, 4.69) is 43.2 Å². The van der Waals surface area contributed by atoms with Gasteiger partial charge in [-0.2, -0.15) is 0 Å². The van der Waals surface area contributed by atoms with Gasteiger partial charge >= 0.3 is 0 Å². The van der Waals surface area contributed by atoms with Crippen molar-refractivity contribution in [2.24, 2.45) is 0 Å². The molecule has 0 radical (unpaired) electrons. The van der Waals surface area contributed by atoms with Gasteiger partial charge in [-0.25, -0.2) is 4.98 Å². The lowest BCUT2D eigenvalue weighted by molar-refractivity contribution is 0.561. The van der Waals surface area contributed by atoms with Crippen LogP contribution in [-0.2, 0) is 12.0 Å². The molecular weight excluding hydrogens is 280 g/mol. The molecule has 1 aromatic carbocycles. The van der Waals surface area contributed by atoms with Crippen LogP contribution in [0.1, 0.15) is 36.4 Å². The molecule has 0 saturated carbocycles. The number of anilines is 1. The van der Waals surface area contributed by atoms with Crippen molar-refractivity contribution < 1.29 is 4.42 Å². The number of nitrogens with zero attached hydrogens (tertiary/aromatic N) is 1. The van der Waals surface area contributed by atoms with Gasteiger partial charge < -0.3 is 9.73 Å². The molecule has 2 heterocycles. The topological polar surface area (TPSA) is 38.1 Å². The predicted molar refractivity (Wildman–Crippen MR) is 89.1 cm³/mol. The first kappa shape index (κ1) is 14.1. The largest absolute Gasteiger partial charge is 0.441 e. The Kier molecular flexibility index (Phi) is 3.49. The Morgan fingerprint density at radius 1 is 1.19 bits per heavy atom. The zero-order chi connectivity index (χ0) is 15.0. The molecule has 3 nitrogen and oxygen atoms in total. The first-order valence-electron chi connectivity index (χ1n) is 7.12. The third-order valence-electron chi connectivity index (χ3n) is 3.36. The summed E-state index contributed by atoms with van der Waals surface area (Å²) in [6, 6.07) is 10.5. The van der Waals surface area contributed by atoms with Crippen molar-refractivity contribution in [1.82, 2.24) is 4.98 Å². The fourth-order valence-corrected chi connectivity index (χ4v) is 3.22. The summed E-state index contributed by atoms with van der Waals surface area (Å²) in [6.07, 6.45) is 0. The van der Waals surface area contributed by atoms with E-state index in [0.29, 0.717) is 5.89 Å². The highest BCUT2D eigenvalue weighted by atomic mass is 32.1. The summed E-state index contributed by atoms with van der Waals surface area (Å²) >= 11 is 1.87. The van der Waals surface area contributed by atoms with E-state index < -0.39 is 0 Å².